The van der Waals surface area contributed by atoms with Gasteiger partial charge in [-0.25, -0.2) is 0 Å². The molecule has 0 unspecified atom stereocenters. The van der Waals surface area contributed by atoms with Crippen molar-refractivity contribution in [3.8, 4) is 0 Å². The Balaban J connectivity index is 0. The molecule has 0 fully saturated rings. The van der Waals surface area contributed by atoms with Crippen molar-refractivity contribution >= 4 is 17.0 Å². The Kier molecular flexibility index (Phi) is 7.73. The predicted molar refractivity (Wildman–Crippen MR) is 35.3 cm³/mol. The van der Waals surface area contributed by atoms with Crippen molar-refractivity contribution in [1.82, 2.24) is 0 Å². The van der Waals surface area contributed by atoms with Gasteiger partial charge in [-0.2, -0.15) is 0 Å². The van der Waals surface area contributed by atoms with E-state index in [1.54, 1.807) is 6.08 Å². The fourth-order valence-corrected chi connectivity index (χ4v) is 0. The van der Waals surface area contributed by atoms with E-state index in [2.05, 4.69) is 13.2 Å². The predicted octanol–water partition coefficient (Wildman–Crippen LogP) is 2.33. The monoisotopic (exact) mass is 148 g/mol. The molecule has 0 bridgehead atoms. The normalized spacial score (nSPS) is 5.50. The van der Waals surface area contributed by atoms with E-state index in [0.717, 1.165) is 5.57 Å². The molecule has 6 heavy (non-hydrogen) atoms. The first-order chi connectivity index (χ1) is 2.27. The summed E-state index contributed by atoms with van der Waals surface area (Å²) in [6.07, 6.45) is 1.72. The van der Waals surface area contributed by atoms with Gasteiger partial charge in [0.1, 0.15) is 0 Å². The standard InChI is InChI=1S/C5H8.BrH/c1-4-5(2)3;/h4H,1-2H2,3H3;1H. The fourth-order valence-electron chi connectivity index (χ4n) is 0. The van der Waals surface area contributed by atoms with Crippen LogP contribution in [0.5, 0.6) is 0 Å². The first-order valence-electron chi connectivity index (χ1n) is 1.55. The molecule has 0 aromatic carbocycles. The minimum absolute atomic E-state index is 0. The second-order valence-electron chi connectivity index (χ2n) is 1.05. The smallest absolute Gasteiger partial charge is 0.0404 e. The first-order valence-corrected chi connectivity index (χ1v) is 1.55. The highest BCUT2D eigenvalue weighted by Crippen LogP contribution is 1.81. The van der Waals surface area contributed by atoms with Gasteiger partial charge in [0.25, 0.3) is 0 Å². The van der Waals surface area contributed by atoms with Crippen molar-refractivity contribution in [2.75, 3.05) is 0 Å². The summed E-state index contributed by atoms with van der Waals surface area (Å²) < 4.78 is 0. The van der Waals surface area contributed by atoms with Crippen molar-refractivity contribution in [1.29, 1.82) is 0 Å². The van der Waals surface area contributed by atoms with Gasteiger partial charge in [0.05, 0.1) is 0 Å². The van der Waals surface area contributed by atoms with Crippen LogP contribution in [0, 0.1) is 0 Å². The van der Waals surface area contributed by atoms with Gasteiger partial charge >= 0.3 is 0 Å². The minimum Gasteiger partial charge on any atom is -0.114 e. The molecule has 1 heteroatoms. The van der Waals surface area contributed by atoms with Gasteiger partial charge in [0, 0.05) is 0 Å². The maximum absolute atomic E-state index is 3.56. The Bertz CT molecular complexity index is 55.0. The zero-order valence-electron chi connectivity index (χ0n) is 3.90. The van der Waals surface area contributed by atoms with Gasteiger partial charge in [-0.1, -0.05) is 24.8 Å². The van der Waals surface area contributed by atoms with Crippen LogP contribution in [0.3, 0.4) is 0 Å². The van der Waals surface area contributed by atoms with Crippen molar-refractivity contribution in [2.45, 2.75) is 6.92 Å². The second kappa shape index (κ2) is 4.96. The van der Waals surface area contributed by atoms with E-state index in [1.807, 2.05) is 6.92 Å². The zero-order valence-corrected chi connectivity index (χ0v) is 5.61. The number of hydrogen-bond donors (Lipinski definition) is 0. The topological polar surface area (TPSA) is 0 Å². The Morgan fingerprint density at radius 1 is 1.67 bits per heavy atom. The molecule has 0 atom stereocenters. The summed E-state index contributed by atoms with van der Waals surface area (Å²) in [5, 5.41) is 0. The summed E-state index contributed by atoms with van der Waals surface area (Å²) in [4.78, 5) is 0. The Morgan fingerprint density at radius 3 is 1.83 bits per heavy atom. The molecule has 0 aliphatic rings. The van der Waals surface area contributed by atoms with E-state index < -0.39 is 0 Å². The fraction of sp³-hybridized carbons (Fsp3) is 0.200. The Labute approximate surface area is 49.3 Å². The molecule has 36 valence electrons. The van der Waals surface area contributed by atoms with Crippen LogP contribution in [0.4, 0.5) is 0 Å². The van der Waals surface area contributed by atoms with Crippen LogP contribution in [0.25, 0.3) is 0 Å². The molecule has 0 aliphatic carbocycles. The molecular formula is C5H9Br. The van der Waals surface area contributed by atoms with Gasteiger partial charge in [-0.15, -0.1) is 17.0 Å². The molecule has 0 saturated carbocycles. The van der Waals surface area contributed by atoms with E-state index in [0.29, 0.717) is 0 Å². The number of allylic oxidation sites excluding steroid dienone is 2. The van der Waals surface area contributed by atoms with E-state index in [1.165, 1.54) is 0 Å². The quantitative estimate of drug-likeness (QED) is 0.502. The van der Waals surface area contributed by atoms with Gasteiger partial charge in [-0.05, 0) is 6.92 Å². The van der Waals surface area contributed by atoms with Gasteiger partial charge < -0.3 is 0 Å². The third-order valence-electron chi connectivity index (χ3n) is 0.348. The van der Waals surface area contributed by atoms with E-state index in [4.69, 9.17) is 0 Å². The Hall–Kier alpha value is -0.0400. The van der Waals surface area contributed by atoms with Crippen LogP contribution in [0.15, 0.2) is 24.8 Å². The highest BCUT2D eigenvalue weighted by molar-refractivity contribution is 8.93. The molecule has 0 radical (unpaired) electrons. The highest BCUT2D eigenvalue weighted by atomic mass is 79.9. The molecule has 0 spiro atoms. The molecule has 0 saturated heterocycles. The molecule has 0 amide bonds. The third kappa shape index (κ3) is 9.03. The lowest BCUT2D eigenvalue weighted by molar-refractivity contribution is 1.58. The number of hydrogen-bond acceptors (Lipinski definition) is 0. The molecule has 0 aliphatic heterocycles. The lowest BCUT2D eigenvalue weighted by atomic mass is 10.4. The second-order valence-corrected chi connectivity index (χ2v) is 1.05. The van der Waals surface area contributed by atoms with Crippen molar-refractivity contribution < 1.29 is 0 Å². The first kappa shape index (κ1) is 9.35. The Morgan fingerprint density at radius 2 is 1.83 bits per heavy atom. The van der Waals surface area contributed by atoms with Crippen LogP contribution < -0.4 is 0 Å². The summed E-state index contributed by atoms with van der Waals surface area (Å²) in [6.45, 7) is 8.93. The molecule has 0 N–H and O–H groups in total. The molecular weight excluding hydrogens is 140 g/mol. The molecule has 0 nitrogen and oxygen atoms in total. The van der Waals surface area contributed by atoms with Gasteiger partial charge in [0.15, 0.2) is 0 Å². The summed E-state index contributed by atoms with van der Waals surface area (Å²) in [6, 6.07) is 0. The van der Waals surface area contributed by atoms with E-state index in [9.17, 15) is 0 Å². The van der Waals surface area contributed by atoms with Crippen molar-refractivity contribution in [2.24, 2.45) is 0 Å². The maximum Gasteiger partial charge on any atom is -0.0404 e. The van der Waals surface area contributed by atoms with Crippen LogP contribution in [-0.4, -0.2) is 0 Å². The summed E-state index contributed by atoms with van der Waals surface area (Å²) in [5.41, 5.74) is 1.02. The van der Waals surface area contributed by atoms with Gasteiger partial charge in [-0.3, -0.25) is 0 Å². The zero-order chi connectivity index (χ0) is 4.28. The summed E-state index contributed by atoms with van der Waals surface area (Å²) >= 11 is 0. The molecule has 0 aromatic rings. The van der Waals surface area contributed by atoms with Crippen LogP contribution in [0.2, 0.25) is 0 Å². The average Bonchev–Trinajstić information content (AvgIpc) is 1.38. The molecule has 0 heterocycles. The number of halogens is 1. The van der Waals surface area contributed by atoms with Gasteiger partial charge in [0.2, 0.25) is 0 Å². The summed E-state index contributed by atoms with van der Waals surface area (Å²) in [7, 11) is 0. The molecule has 0 rings (SSSR count). The maximum atomic E-state index is 3.56. The van der Waals surface area contributed by atoms with Crippen LogP contribution in [-0.2, 0) is 0 Å². The molecule has 0 aromatic heterocycles. The lowest BCUT2D eigenvalue weighted by Gasteiger charge is -1.71. The minimum atomic E-state index is 0. The van der Waals surface area contributed by atoms with E-state index >= 15 is 0 Å². The van der Waals surface area contributed by atoms with Crippen molar-refractivity contribution in [3.63, 3.8) is 0 Å². The van der Waals surface area contributed by atoms with Crippen LogP contribution >= 0.6 is 17.0 Å². The lowest BCUT2D eigenvalue weighted by Crippen LogP contribution is -1.50. The van der Waals surface area contributed by atoms with Crippen LogP contribution in [0.1, 0.15) is 6.92 Å². The van der Waals surface area contributed by atoms with E-state index in [-0.39, 0.29) is 17.0 Å². The highest BCUT2D eigenvalue weighted by Gasteiger charge is 1.59. The SMILES string of the molecule is Br.C=CC(=C)C. The third-order valence-corrected chi connectivity index (χ3v) is 0.348. The number of rotatable bonds is 1. The van der Waals surface area contributed by atoms with Crippen molar-refractivity contribution in [3.05, 3.63) is 24.8 Å². The summed E-state index contributed by atoms with van der Waals surface area (Å²) in [5.74, 6) is 0. The average molecular weight is 149 g/mol. The largest absolute Gasteiger partial charge is 0.114 e.